The van der Waals surface area contributed by atoms with Crippen LogP contribution in [0.4, 0.5) is 5.69 Å². The second kappa shape index (κ2) is 12.1. The number of aryl methyl sites for hydroxylation is 1. The second-order valence-corrected chi connectivity index (χ2v) is 13.9. The minimum absolute atomic E-state index is 0.0212. The molecule has 1 amide bonds. The number of ether oxygens (including phenoxy) is 1. The molecule has 0 aliphatic carbocycles. The average Bonchev–Trinajstić information content (AvgIpc) is 3.73. The molecule has 3 aliphatic heterocycles. The lowest BCUT2D eigenvalue weighted by molar-refractivity contribution is -0.128. The molecule has 3 aliphatic rings. The number of nitriles is 1. The zero-order valence-electron chi connectivity index (χ0n) is 26.6. The molecule has 236 valence electrons. The smallest absolute Gasteiger partial charge is 0.319 e. The van der Waals surface area contributed by atoms with E-state index in [1.807, 2.05) is 6.20 Å². The molecule has 2 aromatic carbocycles. The van der Waals surface area contributed by atoms with Crippen LogP contribution in [0.3, 0.4) is 0 Å². The van der Waals surface area contributed by atoms with Gasteiger partial charge in [0.2, 0.25) is 5.91 Å². The van der Waals surface area contributed by atoms with Crippen molar-refractivity contribution < 1.29 is 9.53 Å². The van der Waals surface area contributed by atoms with Crippen molar-refractivity contribution in [3.63, 3.8) is 0 Å². The Morgan fingerprint density at radius 3 is 2.78 bits per heavy atom. The van der Waals surface area contributed by atoms with Gasteiger partial charge in [-0.2, -0.15) is 20.3 Å². The number of rotatable bonds is 8. The molecule has 0 radical (unpaired) electrons. The molecule has 2 aromatic heterocycles. The third-order valence-electron chi connectivity index (χ3n) is 9.79. The molecule has 1 saturated heterocycles. The first-order valence-corrected chi connectivity index (χ1v) is 16.8. The molecule has 5 heterocycles. The third kappa shape index (κ3) is 5.29. The molecular weight excluding hydrogens is 597 g/mol. The first-order chi connectivity index (χ1) is 22.3. The van der Waals surface area contributed by atoms with E-state index in [9.17, 15) is 10.1 Å². The van der Waals surface area contributed by atoms with E-state index in [-0.39, 0.29) is 23.2 Å². The Morgan fingerprint density at radius 2 is 2.02 bits per heavy atom. The number of aromatic nitrogens is 4. The second-order valence-electron chi connectivity index (χ2n) is 12.5. The molecule has 46 heavy (non-hydrogen) atoms. The van der Waals surface area contributed by atoms with Crippen molar-refractivity contribution in [2.45, 2.75) is 63.5 Å². The van der Waals surface area contributed by atoms with Crippen LogP contribution in [0, 0.1) is 18.3 Å². The lowest BCUT2D eigenvalue weighted by atomic mass is 10.00. The van der Waals surface area contributed by atoms with Gasteiger partial charge in [-0.3, -0.25) is 9.69 Å². The number of carbonyl (C=O) groups is 1. The number of anilines is 1. The molecular formula is C35H38N8O2S. The van der Waals surface area contributed by atoms with Gasteiger partial charge in [-0.1, -0.05) is 48.7 Å². The van der Waals surface area contributed by atoms with Gasteiger partial charge < -0.3 is 14.5 Å². The molecule has 1 unspecified atom stereocenters. The summed E-state index contributed by atoms with van der Waals surface area (Å²) < 4.78 is 8.09. The zero-order valence-corrected chi connectivity index (χ0v) is 27.4. The molecule has 11 heteroatoms. The highest BCUT2D eigenvalue weighted by molar-refractivity contribution is 8.00. The van der Waals surface area contributed by atoms with Gasteiger partial charge in [-0.15, -0.1) is 0 Å². The van der Waals surface area contributed by atoms with Gasteiger partial charge in [0.15, 0.2) is 5.82 Å². The van der Waals surface area contributed by atoms with Crippen molar-refractivity contribution >= 4 is 34.1 Å². The predicted molar refractivity (Wildman–Crippen MR) is 180 cm³/mol. The minimum Gasteiger partial charge on any atom is -0.452 e. The minimum atomic E-state index is -0.377. The van der Waals surface area contributed by atoms with Crippen LogP contribution in [0.5, 0.6) is 6.01 Å². The summed E-state index contributed by atoms with van der Waals surface area (Å²) in [5.41, 5.74) is 6.02. The molecule has 2 atom stereocenters. The number of thioether (sulfide) groups is 1. The van der Waals surface area contributed by atoms with Crippen LogP contribution >= 0.6 is 11.8 Å². The van der Waals surface area contributed by atoms with Gasteiger partial charge in [-0.25, -0.2) is 4.68 Å². The number of hydrogen-bond donors (Lipinski definition) is 0. The first-order valence-electron chi connectivity index (χ1n) is 15.8. The molecule has 7 rings (SSSR count). The van der Waals surface area contributed by atoms with Crippen molar-refractivity contribution in [1.29, 1.82) is 5.26 Å². The van der Waals surface area contributed by atoms with E-state index in [1.165, 1.54) is 34.5 Å². The fraction of sp³-hybridized carbons (Fsp3) is 0.400. The maximum absolute atomic E-state index is 12.6. The quantitative estimate of drug-likeness (QED) is 0.179. The summed E-state index contributed by atoms with van der Waals surface area (Å²) in [7, 11) is 2.16. The van der Waals surface area contributed by atoms with Crippen LogP contribution in [0.25, 0.3) is 16.6 Å². The Kier molecular flexibility index (Phi) is 7.95. The van der Waals surface area contributed by atoms with Crippen LogP contribution in [-0.2, 0) is 24.3 Å². The number of carbonyl (C=O) groups excluding carboxylic acids is 1. The molecule has 1 fully saturated rings. The summed E-state index contributed by atoms with van der Waals surface area (Å²) in [6.07, 6.45) is 6.41. The maximum atomic E-state index is 12.6. The van der Waals surface area contributed by atoms with E-state index in [2.05, 4.69) is 79.7 Å². The van der Waals surface area contributed by atoms with Gasteiger partial charge in [0.1, 0.15) is 5.94 Å². The Bertz CT molecular complexity index is 1880. The van der Waals surface area contributed by atoms with Crippen LogP contribution in [0.1, 0.15) is 60.3 Å². The number of nitrogens with zero attached hydrogens (tertiary/aromatic N) is 8. The number of fused-ring (bicyclic) bond motifs is 3. The predicted octanol–water partition coefficient (Wildman–Crippen LogP) is 5.68. The van der Waals surface area contributed by atoms with E-state index in [4.69, 9.17) is 19.8 Å². The summed E-state index contributed by atoms with van der Waals surface area (Å²) in [6.45, 7) is 10.9. The highest BCUT2D eigenvalue weighted by Gasteiger charge is 2.37. The summed E-state index contributed by atoms with van der Waals surface area (Å²) >= 11 is 1.77. The summed E-state index contributed by atoms with van der Waals surface area (Å²) in [5.74, 6) is 0.918. The zero-order chi connectivity index (χ0) is 32.0. The Labute approximate surface area is 273 Å². The van der Waals surface area contributed by atoms with Gasteiger partial charge in [0.25, 0.3) is 0 Å². The fourth-order valence-corrected chi connectivity index (χ4v) is 8.13. The number of amides is 1. The monoisotopic (exact) mass is 634 g/mol. The van der Waals surface area contributed by atoms with Crippen molar-refractivity contribution in [2.75, 3.05) is 31.0 Å². The molecule has 0 bridgehead atoms. The van der Waals surface area contributed by atoms with Crippen molar-refractivity contribution in [3.05, 3.63) is 83.3 Å². The standard InChI is InChI=1S/C35H38N8O2S/c1-5-31(44)42-21-28-26(29(42)13-16-36)19-43(39-28)33-25-14-18-41(30-12-7-11-24-10-6-9-23(2)32(24)30)20-27(25)37-34(38-33)45-22-46-35(3)15-8-17-40(35)4/h5-7,9-12,19,29H,1,8,13-15,17-18,20-22H2,2-4H3/t29-,35?/m0/s1. The van der Waals surface area contributed by atoms with Gasteiger partial charge in [0.05, 0.1) is 47.9 Å². The van der Waals surface area contributed by atoms with Crippen molar-refractivity contribution in [3.8, 4) is 17.9 Å². The van der Waals surface area contributed by atoms with Gasteiger partial charge in [-0.05, 0) is 69.8 Å². The molecule has 10 nitrogen and oxygen atoms in total. The highest BCUT2D eigenvalue weighted by Crippen LogP contribution is 2.40. The molecule has 0 saturated carbocycles. The van der Waals surface area contributed by atoms with Gasteiger partial charge >= 0.3 is 6.01 Å². The fourth-order valence-electron chi connectivity index (χ4n) is 7.11. The molecule has 4 aromatic rings. The van der Waals surface area contributed by atoms with Crippen LogP contribution in [0.15, 0.2) is 55.3 Å². The summed E-state index contributed by atoms with van der Waals surface area (Å²) in [6, 6.07) is 15.1. The van der Waals surface area contributed by atoms with Gasteiger partial charge in [0, 0.05) is 34.9 Å². The first kappa shape index (κ1) is 30.3. The highest BCUT2D eigenvalue weighted by atomic mass is 32.2. The molecule has 0 N–H and O–H groups in total. The number of likely N-dealkylation sites (tertiary alicyclic amines) is 1. The maximum Gasteiger partial charge on any atom is 0.319 e. The lowest BCUT2D eigenvalue weighted by Gasteiger charge is -2.32. The average molecular weight is 635 g/mol. The van der Waals surface area contributed by atoms with Crippen LogP contribution in [0.2, 0.25) is 0 Å². The van der Waals surface area contributed by atoms with Crippen molar-refractivity contribution in [1.82, 2.24) is 29.5 Å². The number of benzene rings is 2. The summed E-state index contributed by atoms with van der Waals surface area (Å²) in [4.78, 5) is 28.9. The Morgan fingerprint density at radius 1 is 1.20 bits per heavy atom. The van der Waals surface area contributed by atoms with Crippen molar-refractivity contribution in [2.24, 2.45) is 0 Å². The normalized spacial score (nSPS) is 20.9. The SMILES string of the molecule is C=CC(=O)N1Cc2nn(-c3nc(OCSC4(C)CCCN4C)nc4c3CCN(c3cccc5cccc(C)c35)C4)cc2[C@@H]1CC#N. The lowest BCUT2D eigenvalue weighted by Crippen LogP contribution is -2.35. The van der Waals surface area contributed by atoms with E-state index < -0.39 is 0 Å². The van der Waals surface area contributed by atoms with E-state index in [0.717, 1.165) is 48.4 Å². The summed E-state index contributed by atoms with van der Waals surface area (Å²) in [5, 5.41) is 16.9. The number of hydrogen-bond acceptors (Lipinski definition) is 9. The topological polar surface area (TPSA) is 103 Å². The Balaban J connectivity index is 1.25. The molecule has 0 spiro atoms. The van der Waals surface area contributed by atoms with E-state index >= 15 is 0 Å². The Hall–Kier alpha value is -4.40. The van der Waals surface area contributed by atoms with E-state index in [0.29, 0.717) is 30.9 Å². The van der Waals surface area contributed by atoms with E-state index in [1.54, 1.807) is 21.3 Å². The third-order valence-corrected chi connectivity index (χ3v) is 11.2. The van der Waals surface area contributed by atoms with Crippen LogP contribution < -0.4 is 9.64 Å². The van der Waals surface area contributed by atoms with Crippen LogP contribution in [-0.4, -0.2) is 66.4 Å². The largest absolute Gasteiger partial charge is 0.452 e.